The first-order valence-electron chi connectivity index (χ1n) is 10.9. The van der Waals surface area contributed by atoms with Crippen LogP contribution in [0.1, 0.15) is 22.8 Å². The fraction of sp³-hybridized carbons (Fsp3) is 0.333. The number of halogens is 3. The van der Waals surface area contributed by atoms with Gasteiger partial charge in [0.1, 0.15) is 5.69 Å². The van der Waals surface area contributed by atoms with Gasteiger partial charge in [-0.2, -0.15) is 13.2 Å². The lowest BCUT2D eigenvalue weighted by Crippen LogP contribution is -2.21. The van der Waals surface area contributed by atoms with Gasteiger partial charge in [-0.25, -0.2) is 4.79 Å². The molecule has 0 bridgehead atoms. The molecule has 11 heteroatoms. The molecule has 0 saturated carbocycles. The molecular formula is C24H26F3N5O3. The van der Waals surface area contributed by atoms with Crippen molar-refractivity contribution in [2.24, 2.45) is 11.8 Å². The molecule has 1 fully saturated rings. The molecule has 1 saturated heterocycles. The number of benzene rings is 2. The standard InChI is InChI=1S/C22H25N5O.C2HF3O2/c1-15-8-9-17(10-20(15)22(28)24-19-6-4-3-5-7-19)21-14-27(26-25-21)13-18-12-23-11-16(18)2;3-2(4,5)1(6)7/h3-10,14,16,18,23H,11-13H2,1-2H3,(H,24,28);(H,6,7)/t16-,18+;/m1./s1. The summed E-state index contributed by atoms with van der Waals surface area (Å²) in [5, 5.41) is 22.1. The molecule has 4 rings (SSSR count). The summed E-state index contributed by atoms with van der Waals surface area (Å²) >= 11 is 0. The van der Waals surface area contributed by atoms with Crippen molar-refractivity contribution in [1.82, 2.24) is 20.3 Å². The van der Waals surface area contributed by atoms with Crippen LogP contribution in [-0.2, 0) is 11.3 Å². The molecule has 0 spiro atoms. The molecule has 1 amide bonds. The largest absolute Gasteiger partial charge is 0.490 e. The van der Waals surface area contributed by atoms with Crippen LogP contribution in [0, 0.1) is 18.8 Å². The predicted molar refractivity (Wildman–Crippen MR) is 124 cm³/mol. The number of para-hydroxylation sites is 1. The van der Waals surface area contributed by atoms with Crippen LogP contribution in [0.4, 0.5) is 18.9 Å². The van der Waals surface area contributed by atoms with Crippen LogP contribution in [0.25, 0.3) is 11.3 Å². The van der Waals surface area contributed by atoms with Crippen LogP contribution >= 0.6 is 0 Å². The fourth-order valence-electron chi connectivity index (χ4n) is 3.61. The van der Waals surface area contributed by atoms with Crippen molar-refractivity contribution in [3.63, 3.8) is 0 Å². The normalized spacial score (nSPS) is 17.4. The van der Waals surface area contributed by atoms with E-state index in [2.05, 4.69) is 27.9 Å². The van der Waals surface area contributed by atoms with Gasteiger partial charge in [0.25, 0.3) is 5.91 Å². The third kappa shape index (κ3) is 7.12. The molecular weight excluding hydrogens is 463 g/mol. The lowest BCUT2D eigenvalue weighted by atomic mass is 9.98. The van der Waals surface area contributed by atoms with Gasteiger partial charge in [-0.15, -0.1) is 5.10 Å². The zero-order valence-corrected chi connectivity index (χ0v) is 19.2. The number of nitrogens with zero attached hydrogens (tertiary/aromatic N) is 3. The van der Waals surface area contributed by atoms with E-state index in [4.69, 9.17) is 9.90 Å². The molecule has 3 N–H and O–H groups in total. The highest BCUT2D eigenvalue weighted by Gasteiger charge is 2.38. The van der Waals surface area contributed by atoms with Gasteiger partial charge in [0.2, 0.25) is 0 Å². The Labute approximate surface area is 200 Å². The highest BCUT2D eigenvalue weighted by Crippen LogP contribution is 2.23. The van der Waals surface area contributed by atoms with E-state index in [1.165, 1.54) is 0 Å². The first-order valence-corrected chi connectivity index (χ1v) is 10.9. The summed E-state index contributed by atoms with van der Waals surface area (Å²) < 4.78 is 33.6. The zero-order valence-electron chi connectivity index (χ0n) is 19.2. The second kappa shape index (κ2) is 11.1. The molecule has 8 nitrogen and oxygen atoms in total. The Morgan fingerprint density at radius 2 is 1.86 bits per heavy atom. The van der Waals surface area contributed by atoms with E-state index in [1.54, 1.807) is 0 Å². The van der Waals surface area contributed by atoms with Crippen molar-refractivity contribution in [2.45, 2.75) is 26.6 Å². The van der Waals surface area contributed by atoms with Crippen molar-refractivity contribution in [2.75, 3.05) is 18.4 Å². The van der Waals surface area contributed by atoms with Crippen molar-refractivity contribution >= 4 is 17.6 Å². The van der Waals surface area contributed by atoms with E-state index in [9.17, 15) is 18.0 Å². The number of aromatic nitrogens is 3. The van der Waals surface area contributed by atoms with Crippen molar-refractivity contribution in [3.05, 3.63) is 65.9 Å². The summed E-state index contributed by atoms with van der Waals surface area (Å²) in [6.45, 7) is 7.14. The number of carbonyl (C=O) groups is 2. The number of nitrogens with one attached hydrogen (secondary N) is 2. The van der Waals surface area contributed by atoms with Gasteiger partial charge in [-0.05, 0) is 49.1 Å². The fourth-order valence-corrected chi connectivity index (χ4v) is 3.61. The summed E-state index contributed by atoms with van der Waals surface area (Å²) in [6, 6.07) is 15.3. The van der Waals surface area contributed by atoms with Gasteiger partial charge in [0, 0.05) is 29.9 Å². The monoisotopic (exact) mass is 489 g/mol. The Morgan fingerprint density at radius 1 is 1.17 bits per heavy atom. The molecule has 3 aromatic rings. The van der Waals surface area contributed by atoms with E-state index >= 15 is 0 Å². The van der Waals surface area contributed by atoms with E-state index < -0.39 is 12.1 Å². The lowest BCUT2D eigenvalue weighted by Gasteiger charge is -2.12. The van der Waals surface area contributed by atoms with Gasteiger partial charge in [0.05, 0.1) is 6.20 Å². The average molecular weight is 489 g/mol. The molecule has 186 valence electrons. The maximum Gasteiger partial charge on any atom is 0.490 e. The molecule has 1 aliphatic rings. The maximum absolute atomic E-state index is 12.7. The third-order valence-corrected chi connectivity index (χ3v) is 5.69. The number of carboxylic acids is 1. The smallest absolute Gasteiger partial charge is 0.475 e. The Balaban J connectivity index is 0.000000429. The maximum atomic E-state index is 12.7. The second-order valence-corrected chi connectivity index (χ2v) is 8.37. The van der Waals surface area contributed by atoms with Gasteiger partial charge in [-0.3, -0.25) is 9.48 Å². The summed E-state index contributed by atoms with van der Waals surface area (Å²) in [6.07, 6.45) is -3.12. The first-order chi connectivity index (χ1) is 16.5. The molecule has 0 aliphatic carbocycles. The van der Waals surface area contributed by atoms with Crippen molar-refractivity contribution in [1.29, 1.82) is 0 Å². The average Bonchev–Trinajstić information content (AvgIpc) is 3.44. The molecule has 35 heavy (non-hydrogen) atoms. The van der Waals surface area contributed by atoms with Gasteiger partial charge < -0.3 is 15.7 Å². The molecule has 0 unspecified atom stereocenters. The van der Waals surface area contributed by atoms with E-state index in [1.807, 2.05) is 66.3 Å². The quantitative estimate of drug-likeness (QED) is 0.500. The Morgan fingerprint density at radius 3 is 2.46 bits per heavy atom. The molecule has 1 aliphatic heterocycles. The predicted octanol–water partition coefficient (Wildman–Crippen LogP) is 3.99. The number of carboxylic acid groups (broad SMARTS) is 1. The minimum atomic E-state index is -5.08. The third-order valence-electron chi connectivity index (χ3n) is 5.69. The topological polar surface area (TPSA) is 109 Å². The van der Waals surface area contributed by atoms with Crippen molar-refractivity contribution in [3.8, 4) is 11.3 Å². The zero-order chi connectivity index (χ0) is 25.6. The molecule has 1 aromatic heterocycles. The van der Waals surface area contributed by atoms with Crippen LogP contribution in [0.15, 0.2) is 54.7 Å². The summed E-state index contributed by atoms with van der Waals surface area (Å²) in [5.41, 5.74) is 4.03. The lowest BCUT2D eigenvalue weighted by molar-refractivity contribution is -0.192. The molecule has 0 radical (unpaired) electrons. The summed E-state index contributed by atoms with van der Waals surface area (Å²) in [7, 11) is 0. The van der Waals surface area contributed by atoms with Gasteiger partial charge >= 0.3 is 12.1 Å². The number of rotatable bonds is 5. The number of hydrogen-bond acceptors (Lipinski definition) is 5. The number of hydrogen-bond donors (Lipinski definition) is 3. The van der Waals surface area contributed by atoms with Crippen LogP contribution in [-0.4, -0.2) is 51.2 Å². The number of aliphatic carboxylic acids is 1. The molecule has 2 heterocycles. The van der Waals surface area contributed by atoms with Crippen LogP contribution in [0.2, 0.25) is 0 Å². The first kappa shape index (κ1) is 25.9. The number of anilines is 1. The number of amides is 1. The highest BCUT2D eigenvalue weighted by atomic mass is 19.4. The Bertz CT molecular complexity index is 1160. The van der Waals surface area contributed by atoms with E-state index in [0.29, 0.717) is 17.4 Å². The Kier molecular flexibility index (Phi) is 8.23. The number of alkyl halides is 3. The molecule has 2 aromatic carbocycles. The SMILES string of the molecule is Cc1ccc(-c2cn(C[C@@H]3CNC[C@H]3C)nn2)cc1C(=O)Nc1ccccc1.O=C(O)C(F)(F)F. The molecule has 2 atom stereocenters. The van der Waals surface area contributed by atoms with E-state index in [0.717, 1.165) is 42.1 Å². The second-order valence-electron chi connectivity index (χ2n) is 8.37. The summed E-state index contributed by atoms with van der Waals surface area (Å²) in [5.74, 6) is -1.67. The highest BCUT2D eigenvalue weighted by molar-refractivity contribution is 6.05. The van der Waals surface area contributed by atoms with Crippen molar-refractivity contribution < 1.29 is 27.9 Å². The van der Waals surface area contributed by atoms with Crippen LogP contribution in [0.5, 0.6) is 0 Å². The summed E-state index contributed by atoms with van der Waals surface area (Å²) in [4.78, 5) is 21.6. The van der Waals surface area contributed by atoms with Crippen LogP contribution < -0.4 is 10.6 Å². The minimum Gasteiger partial charge on any atom is -0.475 e. The van der Waals surface area contributed by atoms with Gasteiger partial charge in [-0.1, -0.05) is 42.5 Å². The Hall–Kier alpha value is -3.73. The number of aryl methyl sites for hydroxylation is 1. The minimum absolute atomic E-state index is 0.121. The van der Waals surface area contributed by atoms with Crippen LogP contribution in [0.3, 0.4) is 0 Å². The van der Waals surface area contributed by atoms with Gasteiger partial charge in [0.15, 0.2) is 0 Å². The number of carbonyl (C=O) groups excluding carboxylic acids is 1. The van der Waals surface area contributed by atoms with E-state index in [-0.39, 0.29) is 5.91 Å².